The number of methoxy groups -OCH3 is 1. The topological polar surface area (TPSA) is 38.3 Å². The molecule has 0 saturated heterocycles. The summed E-state index contributed by atoms with van der Waals surface area (Å²) in [6.07, 6.45) is 0. The van der Waals surface area contributed by atoms with E-state index in [1.54, 1.807) is 7.11 Å². The first-order valence-electron chi connectivity index (χ1n) is 4.83. The van der Waals surface area contributed by atoms with Gasteiger partial charge in [0.1, 0.15) is 0 Å². The molecule has 0 radical (unpaired) electrons. The van der Waals surface area contributed by atoms with Gasteiger partial charge in [-0.05, 0) is 18.2 Å². The first-order chi connectivity index (χ1) is 7.65. The van der Waals surface area contributed by atoms with Crippen molar-refractivity contribution in [3.05, 3.63) is 35.4 Å². The Kier molecular flexibility index (Phi) is 5.01. The van der Waals surface area contributed by atoms with Crippen LogP contribution in [0.2, 0.25) is 0 Å². The summed E-state index contributed by atoms with van der Waals surface area (Å²) in [7, 11) is 1.55. The van der Waals surface area contributed by atoms with E-state index in [4.69, 9.17) is 4.74 Å². The lowest BCUT2D eigenvalue weighted by molar-refractivity contribution is 0.0987. The number of hydrogen-bond donors (Lipinski definition) is 1. The van der Waals surface area contributed by atoms with Gasteiger partial charge in [-0.1, -0.05) is 0 Å². The van der Waals surface area contributed by atoms with Gasteiger partial charge in [-0.15, -0.1) is 0 Å². The number of nitrogens with one attached hydrogen (secondary N) is 1. The molecule has 0 saturated carbocycles. The minimum Gasteiger partial charge on any atom is -0.383 e. The maximum Gasteiger partial charge on any atom is 0.176 e. The van der Waals surface area contributed by atoms with E-state index >= 15 is 0 Å². The first-order valence-corrected chi connectivity index (χ1v) is 4.83. The molecule has 1 aromatic carbocycles. The quantitative estimate of drug-likeness (QED) is 0.591. The van der Waals surface area contributed by atoms with Gasteiger partial charge < -0.3 is 10.1 Å². The number of carbonyl (C=O) groups excluding carboxylic acids is 1. The lowest BCUT2D eigenvalue weighted by Gasteiger charge is -2.03. The monoisotopic (exact) mass is 229 g/mol. The van der Waals surface area contributed by atoms with Gasteiger partial charge in [0.25, 0.3) is 0 Å². The normalized spacial score (nSPS) is 10.4. The van der Waals surface area contributed by atoms with Crippen molar-refractivity contribution in [2.75, 3.05) is 26.8 Å². The number of halogens is 2. The predicted octanol–water partition coefficient (Wildman–Crippen LogP) is 1.38. The Morgan fingerprint density at radius 2 is 2.12 bits per heavy atom. The molecule has 0 spiro atoms. The van der Waals surface area contributed by atoms with E-state index < -0.39 is 11.6 Å². The Morgan fingerprint density at radius 3 is 2.75 bits per heavy atom. The molecule has 0 fully saturated rings. The van der Waals surface area contributed by atoms with Gasteiger partial charge in [0, 0.05) is 19.2 Å². The first kappa shape index (κ1) is 12.7. The van der Waals surface area contributed by atoms with E-state index in [1.807, 2.05) is 0 Å². The van der Waals surface area contributed by atoms with E-state index in [2.05, 4.69) is 5.32 Å². The van der Waals surface area contributed by atoms with Crippen LogP contribution in [0.3, 0.4) is 0 Å². The van der Waals surface area contributed by atoms with E-state index in [1.165, 1.54) is 6.07 Å². The summed E-state index contributed by atoms with van der Waals surface area (Å²) in [5.74, 6) is -2.25. The van der Waals surface area contributed by atoms with Crippen molar-refractivity contribution in [1.82, 2.24) is 5.32 Å². The van der Waals surface area contributed by atoms with Crippen LogP contribution in [-0.4, -0.2) is 32.6 Å². The fraction of sp³-hybridized carbons (Fsp3) is 0.364. The van der Waals surface area contributed by atoms with Gasteiger partial charge in [-0.3, -0.25) is 4.79 Å². The summed E-state index contributed by atoms with van der Waals surface area (Å²) in [6, 6.07) is 3.10. The second kappa shape index (κ2) is 6.30. The van der Waals surface area contributed by atoms with E-state index in [-0.39, 0.29) is 17.9 Å². The minimum atomic E-state index is -1.01. The number of Topliss-reactive ketones (excluding diaryl/α,β-unsaturated/α-hetero) is 1. The summed E-state index contributed by atoms with van der Waals surface area (Å²) in [5, 5.41) is 2.83. The molecule has 0 heterocycles. The molecule has 0 amide bonds. The van der Waals surface area contributed by atoms with Crippen LogP contribution >= 0.6 is 0 Å². The van der Waals surface area contributed by atoms with Crippen LogP contribution in [0, 0.1) is 11.6 Å². The highest BCUT2D eigenvalue weighted by Gasteiger charge is 2.08. The van der Waals surface area contributed by atoms with Crippen LogP contribution in [0.25, 0.3) is 0 Å². The summed E-state index contributed by atoms with van der Waals surface area (Å²) in [5.41, 5.74) is 0.156. The Labute approximate surface area is 92.4 Å². The molecule has 16 heavy (non-hydrogen) atoms. The molecule has 1 aromatic rings. The smallest absolute Gasteiger partial charge is 0.176 e. The molecule has 1 rings (SSSR count). The number of carbonyl (C=O) groups is 1. The molecule has 3 nitrogen and oxygen atoms in total. The Balaban J connectivity index is 2.50. The average molecular weight is 229 g/mol. The molecule has 0 aromatic heterocycles. The van der Waals surface area contributed by atoms with Crippen molar-refractivity contribution in [2.24, 2.45) is 0 Å². The van der Waals surface area contributed by atoms with Gasteiger partial charge >= 0.3 is 0 Å². The molecule has 0 bridgehead atoms. The van der Waals surface area contributed by atoms with Crippen molar-refractivity contribution in [2.45, 2.75) is 0 Å². The average Bonchev–Trinajstić information content (AvgIpc) is 2.28. The molecule has 0 aliphatic rings. The second-order valence-electron chi connectivity index (χ2n) is 3.22. The number of ketones is 1. The van der Waals surface area contributed by atoms with Gasteiger partial charge in [0.15, 0.2) is 17.4 Å². The van der Waals surface area contributed by atoms with Crippen molar-refractivity contribution in [3.8, 4) is 0 Å². The lowest BCUT2D eigenvalue weighted by atomic mass is 10.1. The molecule has 0 unspecified atom stereocenters. The Bertz CT molecular complexity index is 369. The molecule has 5 heteroatoms. The fourth-order valence-corrected chi connectivity index (χ4v) is 1.15. The molecule has 88 valence electrons. The zero-order valence-electron chi connectivity index (χ0n) is 8.93. The molecule has 0 aliphatic carbocycles. The zero-order valence-corrected chi connectivity index (χ0v) is 8.93. The number of hydrogen-bond acceptors (Lipinski definition) is 3. The standard InChI is InChI=1S/C11H13F2NO2/c1-16-5-4-14-7-11(15)8-2-3-9(12)10(13)6-8/h2-3,6,14H,4-5,7H2,1H3. The third-order valence-electron chi connectivity index (χ3n) is 2.01. The second-order valence-corrected chi connectivity index (χ2v) is 3.22. The molecule has 0 atom stereocenters. The molecule has 0 aliphatic heterocycles. The molecular formula is C11H13F2NO2. The van der Waals surface area contributed by atoms with Crippen LogP contribution in [0.5, 0.6) is 0 Å². The third-order valence-corrected chi connectivity index (χ3v) is 2.01. The number of rotatable bonds is 6. The third kappa shape index (κ3) is 3.67. The van der Waals surface area contributed by atoms with Crippen molar-refractivity contribution < 1.29 is 18.3 Å². The summed E-state index contributed by atoms with van der Waals surface area (Å²) in [4.78, 5) is 11.5. The van der Waals surface area contributed by atoms with E-state index in [0.29, 0.717) is 13.2 Å². The molecular weight excluding hydrogens is 216 g/mol. The highest BCUT2D eigenvalue weighted by molar-refractivity contribution is 5.97. The molecule has 1 N–H and O–H groups in total. The van der Waals surface area contributed by atoms with Crippen LogP contribution in [0.4, 0.5) is 8.78 Å². The van der Waals surface area contributed by atoms with Crippen LogP contribution in [0.15, 0.2) is 18.2 Å². The zero-order chi connectivity index (χ0) is 12.0. The van der Waals surface area contributed by atoms with Crippen LogP contribution < -0.4 is 5.32 Å². The van der Waals surface area contributed by atoms with Crippen LogP contribution in [-0.2, 0) is 4.74 Å². The van der Waals surface area contributed by atoms with Crippen molar-refractivity contribution >= 4 is 5.78 Å². The highest BCUT2D eigenvalue weighted by Crippen LogP contribution is 2.08. The minimum absolute atomic E-state index is 0.0778. The maximum atomic E-state index is 12.8. The SMILES string of the molecule is COCCNCC(=O)c1ccc(F)c(F)c1. The highest BCUT2D eigenvalue weighted by atomic mass is 19.2. The van der Waals surface area contributed by atoms with Crippen molar-refractivity contribution in [3.63, 3.8) is 0 Å². The summed E-state index contributed by atoms with van der Waals surface area (Å²) < 4.78 is 30.2. The van der Waals surface area contributed by atoms with Gasteiger partial charge in [0.2, 0.25) is 0 Å². The lowest BCUT2D eigenvalue weighted by Crippen LogP contribution is -2.26. The fourth-order valence-electron chi connectivity index (χ4n) is 1.15. The number of benzene rings is 1. The van der Waals surface area contributed by atoms with E-state index in [9.17, 15) is 13.6 Å². The van der Waals surface area contributed by atoms with Gasteiger partial charge in [-0.25, -0.2) is 8.78 Å². The van der Waals surface area contributed by atoms with Crippen molar-refractivity contribution in [1.29, 1.82) is 0 Å². The maximum absolute atomic E-state index is 12.8. The van der Waals surface area contributed by atoms with Crippen LogP contribution in [0.1, 0.15) is 10.4 Å². The Hall–Kier alpha value is -1.33. The predicted molar refractivity (Wildman–Crippen MR) is 55.4 cm³/mol. The summed E-state index contributed by atoms with van der Waals surface area (Å²) in [6.45, 7) is 1.10. The Morgan fingerprint density at radius 1 is 1.38 bits per heavy atom. The van der Waals surface area contributed by atoms with Gasteiger partial charge in [0.05, 0.1) is 13.2 Å². The largest absolute Gasteiger partial charge is 0.383 e. The number of ether oxygens (including phenoxy) is 1. The van der Waals surface area contributed by atoms with Gasteiger partial charge in [-0.2, -0.15) is 0 Å². The summed E-state index contributed by atoms with van der Waals surface area (Å²) >= 11 is 0. The van der Waals surface area contributed by atoms with E-state index in [0.717, 1.165) is 12.1 Å².